The number of benzene rings is 1. The summed E-state index contributed by atoms with van der Waals surface area (Å²) < 4.78 is 14.1. The SMILES string of the molecule is CC1CCCCN1c1nnc2ccc(OC3CCC(NC(=O)NC(CC(=N)C(C)(C)C)=NCCN4CCOCC4)c4ccccc43)cn12. The smallest absolute Gasteiger partial charge is 0.320 e. The number of morpholine rings is 1. The highest BCUT2D eigenvalue weighted by atomic mass is 16.5. The lowest BCUT2D eigenvalue weighted by Crippen LogP contribution is -2.44. The number of urea groups is 1. The van der Waals surface area contributed by atoms with E-state index in [0.717, 1.165) is 93.5 Å². The molecule has 3 unspecified atom stereocenters. The molecule has 258 valence electrons. The molecule has 2 fully saturated rings. The van der Waals surface area contributed by atoms with Crippen molar-refractivity contribution in [3.8, 4) is 5.75 Å². The zero-order chi connectivity index (χ0) is 33.7. The zero-order valence-corrected chi connectivity index (χ0v) is 28.9. The number of hydrogen-bond acceptors (Lipinski definition) is 9. The number of rotatable bonds is 9. The Hall–Kier alpha value is -4.03. The third kappa shape index (κ3) is 8.15. The molecule has 3 N–H and O–H groups in total. The second-order valence-corrected chi connectivity index (χ2v) is 14.3. The zero-order valence-electron chi connectivity index (χ0n) is 28.9. The molecule has 12 nitrogen and oxygen atoms in total. The highest BCUT2D eigenvalue weighted by molar-refractivity contribution is 6.09. The number of aromatic nitrogens is 3. The average molecular weight is 658 g/mol. The van der Waals surface area contributed by atoms with E-state index >= 15 is 0 Å². The van der Waals surface area contributed by atoms with Crippen molar-refractivity contribution < 1.29 is 14.3 Å². The molecule has 12 heteroatoms. The fourth-order valence-corrected chi connectivity index (χ4v) is 6.76. The molecule has 1 aliphatic carbocycles. The number of ether oxygens (including phenoxy) is 2. The molecule has 2 saturated heterocycles. The molecule has 0 spiro atoms. The predicted octanol–water partition coefficient (Wildman–Crippen LogP) is 5.55. The van der Waals surface area contributed by atoms with E-state index in [2.05, 4.69) is 49.7 Å². The number of anilines is 1. The van der Waals surface area contributed by atoms with Gasteiger partial charge in [0.1, 0.15) is 17.7 Å². The first-order valence-electron chi connectivity index (χ1n) is 17.5. The third-order valence-electron chi connectivity index (χ3n) is 9.77. The molecule has 2 amide bonds. The van der Waals surface area contributed by atoms with Gasteiger partial charge in [-0.3, -0.25) is 19.6 Å². The Balaban J connectivity index is 1.13. The van der Waals surface area contributed by atoms with Gasteiger partial charge in [-0.2, -0.15) is 0 Å². The van der Waals surface area contributed by atoms with Gasteiger partial charge in [-0.05, 0) is 67.7 Å². The van der Waals surface area contributed by atoms with Gasteiger partial charge in [0.2, 0.25) is 5.95 Å². The molecule has 0 bridgehead atoms. The number of amidine groups is 1. The minimum Gasteiger partial charge on any atom is -0.484 e. The Kier molecular flexibility index (Phi) is 10.6. The van der Waals surface area contributed by atoms with E-state index in [-0.39, 0.29) is 23.6 Å². The van der Waals surface area contributed by atoms with E-state index in [1.807, 2.05) is 55.6 Å². The van der Waals surface area contributed by atoms with Gasteiger partial charge in [-0.15, -0.1) is 10.2 Å². The van der Waals surface area contributed by atoms with E-state index in [1.54, 1.807) is 0 Å². The van der Waals surface area contributed by atoms with Crippen LogP contribution in [0.2, 0.25) is 0 Å². The van der Waals surface area contributed by atoms with Crippen LogP contribution < -0.4 is 20.3 Å². The van der Waals surface area contributed by atoms with Gasteiger partial charge in [0, 0.05) is 44.4 Å². The second-order valence-electron chi connectivity index (χ2n) is 14.3. The molecule has 0 saturated carbocycles. The van der Waals surface area contributed by atoms with Gasteiger partial charge in [-0.1, -0.05) is 45.0 Å². The Morgan fingerprint density at radius 3 is 2.60 bits per heavy atom. The quantitative estimate of drug-likeness (QED) is 0.203. The molecule has 0 radical (unpaired) electrons. The van der Waals surface area contributed by atoms with E-state index in [9.17, 15) is 4.79 Å². The lowest BCUT2D eigenvalue weighted by Gasteiger charge is -2.33. The molecule has 1 aromatic carbocycles. The van der Waals surface area contributed by atoms with E-state index in [0.29, 0.717) is 30.6 Å². The summed E-state index contributed by atoms with van der Waals surface area (Å²) in [7, 11) is 0. The fourth-order valence-electron chi connectivity index (χ4n) is 6.76. The van der Waals surface area contributed by atoms with Gasteiger partial charge in [0.25, 0.3) is 0 Å². The van der Waals surface area contributed by atoms with Crippen LogP contribution in [0.15, 0.2) is 47.6 Å². The number of aliphatic imine (C=N–C) groups is 1. The van der Waals surface area contributed by atoms with Crippen molar-refractivity contribution >= 4 is 29.2 Å². The first kappa shape index (κ1) is 33.9. The van der Waals surface area contributed by atoms with E-state index in [4.69, 9.17) is 19.9 Å². The van der Waals surface area contributed by atoms with Crippen LogP contribution in [0.25, 0.3) is 5.65 Å². The first-order chi connectivity index (χ1) is 23.2. The number of amides is 2. The maximum atomic E-state index is 13.4. The number of fused-ring (bicyclic) bond motifs is 2. The highest BCUT2D eigenvalue weighted by Crippen LogP contribution is 2.39. The molecular formula is C36H51N9O3. The highest BCUT2D eigenvalue weighted by Gasteiger charge is 2.30. The minimum absolute atomic E-state index is 0.154. The monoisotopic (exact) mass is 657 g/mol. The molecule has 4 heterocycles. The van der Waals surface area contributed by atoms with E-state index < -0.39 is 0 Å². The van der Waals surface area contributed by atoms with Crippen molar-refractivity contribution in [1.82, 2.24) is 30.1 Å². The molecule has 2 aliphatic heterocycles. The van der Waals surface area contributed by atoms with Crippen LogP contribution >= 0.6 is 0 Å². The van der Waals surface area contributed by atoms with Crippen LogP contribution in [0, 0.1) is 10.8 Å². The van der Waals surface area contributed by atoms with E-state index in [1.165, 1.54) is 6.42 Å². The van der Waals surface area contributed by atoms with Gasteiger partial charge in [0.05, 0.1) is 32.0 Å². The van der Waals surface area contributed by atoms with Crippen LogP contribution in [0.3, 0.4) is 0 Å². The number of hydrogen-bond donors (Lipinski definition) is 3. The summed E-state index contributed by atoms with van der Waals surface area (Å²) in [5, 5.41) is 23.8. The number of carbonyl (C=O) groups is 1. The Labute approximate surface area is 283 Å². The van der Waals surface area contributed by atoms with Gasteiger partial charge in [0.15, 0.2) is 5.65 Å². The van der Waals surface area contributed by atoms with Crippen LogP contribution in [-0.4, -0.2) is 89.1 Å². The predicted molar refractivity (Wildman–Crippen MR) is 188 cm³/mol. The maximum absolute atomic E-state index is 13.4. The van der Waals surface area contributed by atoms with Crippen molar-refractivity contribution in [2.75, 3.05) is 50.8 Å². The van der Waals surface area contributed by atoms with Crippen molar-refractivity contribution in [2.45, 2.75) is 84.4 Å². The number of nitrogens with one attached hydrogen (secondary N) is 3. The van der Waals surface area contributed by atoms with Crippen molar-refractivity contribution in [2.24, 2.45) is 10.4 Å². The fraction of sp³-hybridized carbons (Fsp3) is 0.583. The first-order valence-corrected chi connectivity index (χ1v) is 17.5. The lowest BCUT2D eigenvalue weighted by molar-refractivity contribution is 0.0394. The van der Waals surface area contributed by atoms with Crippen LogP contribution in [0.4, 0.5) is 10.7 Å². The summed E-state index contributed by atoms with van der Waals surface area (Å²) in [5.41, 5.74) is 3.13. The van der Waals surface area contributed by atoms with Crippen LogP contribution in [0.1, 0.15) is 89.5 Å². The minimum atomic E-state index is -0.313. The molecule has 3 aromatic rings. The molecule has 48 heavy (non-hydrogen) atoms. The standard InChI is InChI=1S/C36H51N9O3/c1-25-9-7-8-17-44(25)35-42-41-33-15-12-26(24-45(33)35)48-30-14-13-29(27-10-5-6-11-28(27)30)39-34(46)40-32(23-31(37)36(2,3)4)38-16-18-43-19-21-47-22-20-43/h5-6,10-12,15,24-25,29-30,37H,7-9,13-14,16-23H2,1-4H3,(H2,38,39,40,46). The number of nitrogens with zero attached hydrogens (tertiary/aromatic N) is 6. The summed E-state index contributed by atoms with van der Waals surface area (Å²) in [5.74, 6) is 2.15. The summed E-state index contributed by atoms with van der Waals surface area (Å²) in [4.78, 5) is 22.8. The number of piperidine rings is 1. The second kappa shape index (κ2) is 15.0. The normalized spacial score (nSPS) is 22.3. The van der Waals surface area contributed by atoms with Gasteiger partial charge >= 0.3 is 6.03 Å². The largest absolute Gasteiger partial charge is 0.484 e. The van der Waals surface area contributed by atoms with Crippen molar-refractivity contribution in [3.63, 3.8) is 0 Å². The Morgan fingerprint density at radius 1 is 1.04 bits per heavy atom. The topological polar surface area (TPSA) is 132 Å². The van der Waals surface area contributed by atoms with Crippen molar-refractivity contribution in [1.29, 1.82) is 5.41 Å². The molecule has 2 aromatic heterocycles. The maximum Gasteiger partial charge on any atom is 0.320 e. The third-order valence-corrected chi connectivity index (χ3v) is 9.77. The van der Waals surface area contributed by atoms with Crippen LogP contribution in [0.5, 0.6) is 5.75 Å². The summed E-state index contributed by atoms with van der Waals surface area (Å²) >= 11 is 0. The average Bonchev–Trinajstić information content (AvgIpc) is 3.49. The Morgan fingerprint density at radius 2 is 1.83 bits per heavy atom. The van der Waals surface area contributed by atoms with Gasteiger partial charge < -0.3 is 25.1 Å². The number of pyridine rings is 1. The van der Waals surface area contributed by atoms with Crippen LogP contribution in [-0.2, 0) is 4.74 Å². The summed E-state index contributed by atoms with van der Waals surface area (Å²) in [6, 6.07) is 12.1. The van der Waals surface area contributed by atoms with Gasteiger partial charge in [-0.25, -0.2) is 4.79 Å². The molecule has 6 rings (SSSR count). The molecular weight excluding hydrogens is 606 g/mol. The Bertz CT molecular complexity index is 1610. The lowest BCUT2D eigenvalue weighted by atomic mass is 9.85. The van der Waals surface area contributed by atoms with Crippen molar-refractivity contribution in [3.05, 3.63) is 53.7 Å². The molecule has 3 atom stereocenters. The number of carbonyl (C=O) groups excluding carboxylic acids is 1. The summed E-state index contributed by atoms with van der Waals surface area (Å²) in [6.45, 7) is 13.8. The summed E-state index contributed by atoms with van der Waals surface area (Å²) in [6.07, 6.45) is 7.17. The molecule has 3 aliphatic rings.